The van der Waals surface area contributed by atoms with Crippen molar-refractivity contribution in [3.05, 3.63) is 82.4 Å². The van der Waals surface area contributed by atoms with Crippen molar-refractivity contribution < 1.29 is 28.5 Å². The zero-order valence-corrected chi connectivity index (χ0v) is 22.1. The molecule has 0 aliphatic carbocycles. The van der Waals surface area contributed by atoms with Crippen molar-refractivity contribution in [2.45, 2.75) is 32.6 Å². The fourth-order valence-electron chi connectivity index (χ4n) is 4.13. The second kappa shape index (κ2) is 12.7. The molecule has 1 atom stereocenters. The minimum Gasteiger partial charge on any atom is -0.497 e. The van der Waals surface area contributed by atoms with E-state index in [1.54, 1.807) is 26.4 Å². The lowest BCUT2D eigenvalue weighted by Crippen LogP contribution is -2.48. The van der Waals surface area contributed by atoms with Crippen LogP contribution in [0.25, 0.3) is 0 Å². The zero-order chi connectivity index (χ0) is 26.2. The SMILES string of the molecule is CC[C@@H]1COCCN1C(=O)c1ccc(OCc2ccc(OC)cc2)c(OCc2ccc(OC)cc2)c1Cl. The molecular weight excluding hydrogens is 494 g/mol. The predicted octanol–water partition coefficient (Wildman–Crippen LogP) is 5.77. The van der Waals surface area contributed by atoms with E-state index in [0.717, 1.165) is 29.0 Å². The van der Waals surface area contributed by atoms with Crippen molar-refractivity contribution in [2.24, 2.45) is 0 Å². The zero-order valence-electron chi connectivity index (χ0n) is 21.4. The number of hydrogen-bond donors (Lipinski definition) is 0. The summed E-state index contributed by atoms with van der Waals surface area (Å²) in [6.07, 6.45) is 0.799. The number of ether oxygens (including phenoxy) is 5. The van der Waals surface area contributed by atoms with E-state index in [0.29, 0.717) is 43.4 Å². The highest BCUT2D eigenvalue weighted by Crippen LogP contribution is 2.39. The third kappa shape index (κ3) is 6.48. The molecule has 4 rings (SSSR count). The summed E-state index contributed by atoms with van der Waals surface area (Å²) in [7, 11) is 3.25. The molecule has 3 aromatic carbocycles. The lowest BCUT2D eigenvalue weighted by molar-refractivity contribution is -0.00281. The number of carbonyl (C=O) groups is 1. The molecule has 1 amide bonds. The van der Waals surface area contributed by atoms with Crippen LogP contribution in [0, 0.1) is 0 Å². The maximum Gasteiger partial charge on any atom is 0.255 e. The van der Waals surface area contributed by atoms with Crippen molar-refractivity contribution in [1.29, 1.82) is 0 Å². The van der Waals surface area contributed by atoms with E-state index in [4.69, 9.17) is 35.3 Å². The molecule has 7 nitrogen and oxygen atoms in total. The Hall–Kier alpha value is -3.42. The normalized spacial score (nSPS) is 15.2. The lowest BCUT2D eigenvalue weighted by atomic mass is 10.1. The molecule has 196 valence electrons. The van der Waals surface area contributed by atoms with E-state index in [9.17, 15) is 4.79 Å². The molecule has 0 unspecified atom stereocenters. The van der Waals surface area contributed by atoms with Crippen molar-refractivity contribution in [3.63, 3.8) is 0 Å². The van der Waals surface area contributed by atoms with E-state index in [1.165, 1.54) is 0 Å². The van der Waals surface area contributed by atoms with Crippen LogP contribution < -0.4 is 18.9 Å². The van der Waals surface area contributed by atoms with Crippen LogP contribution >= 0.6 is 11.6 Å². The van der Waals surface area contributed by atoms with Gasteiger partial charge in [-0.1, -0.05) is 42.8 Å². The molecule has 8 heteroatoms. The maximum absolute atomic E-state index is 13.5. The van der Waals surface area contributed by atoms with Gasteiger partial charge in [0.15, 0.2) is 11.5 Å². The second-order valence-corrected chi connectivity index (χ2v) is 9.04. The van der Waals surface area contributed by atoms with Crippen molar-refractivity contribution in [1.82, 2.24) is 4.90 Å². The Bertz CT molecular complexity index is 1180. The van der Waals surface area contributed by atoms with Crippen LogP contribution in [-0.2, 0) is 18.0 Å². The molecule has 37 heavy (non-hydrogen) atoms. The monoisotopic (exact) mass is 525 g/mol. The van der Waals surface area contributed by atoms with Crippen molar-refractivity contribution in [3.8, 4) is 23.0 Å². The van der Waals surface area contributed by atoms with Gasteiger partial charge in [0.2, 0.25) is 0 Å². The summed E-state index contributed by atoms with van der Waals surface area (Å²) < 4.78 is 28.3. The standard InChI is InChI=1S/C29H32ClNO6/c1-4-22-19-35-16-15-31(22)29(32)25-13-14-26(36-17-20-5-9-23(33-2)10-6-20)28(27(25)30)37-18-21-7-11-24(34-3)12-8-21/h5-14,22H,4,15-19H2,1-3H3/t22-/m1/s1. The molecule has 0 saturated carbocycles. The van der Waals surface area contributed by atoms with Gasteiger partial charge >= 0.3 is 0 Å². The summed E-state index contributed by atoms with van der Waals surface area (Å²) in [6.45, 7) is 4.13. The fraction of sp³-hybridized carbons (Fsp3) is 0.345. The van der Waals surface area contributed by atoms with Gasteiger partial charge in [-0.15, -0.1) is 0 Å². The number of halogens is 1. The van der Waals surface area contributed by atoms with Crippen LogP contribution in [0.5, 0.6) is 23.0 Å². The van der Waals surface area contributed by atoms with Gasteiger partial charge in [0.05, 0.1) is 44.1 Å². The van der Waals surface area contributed by atoms with Crippen LogP contribution in [-0.4, -0.2) is 50.8 Å². The molecular formula is C29H32ClNO6. The highest BCUT2D eigenvalue weighted by atomic mass is 35.5. The summed E-state index contributed by atoms with van der Waals surface area (Å²) >= 11 is 6.83. The molecule has 0 N–H and O–H groups in total. The first kappa shape index (κ1) is 26.6. The van der Waals surface area contributed by atoms with Gasteiger partial charge < -0.3 is 28.6 Å². The Morgan fingerprint density at radius 1 is 0.919 bits per heavy atom. The van der Waals surface area contributed by atoms with Gasteiger partial charge in [-0.05, 0) is 53.9 Å². The summed E-state index contributed by atoms with van der Waals surface area (Å²) in [5, 5.41) is 0.229. The predicted molar refractivity (Wildman–Crippen MR) is 142 cm³/mol. The van der Waals surface area contributed by atoms with Crippen LogP contribution in [0.3, 0.4) is 0 Å². The topological polar surface area (TPSA) is 66.5 Å². The first-order valence-electron chi connectivity index (χ1n) is 12.3. The molecule has 0 spiro atoms. The second-order valence-electron chi connectivity index (χ2n) is 8.66. The smallest absolute Gasteiger partial charge is 0.255 e. The number of rotatable bonds is 10. The van der Waals surface area contributed by atoms with Crippen molar-refractivity contribution in [2.75, 3.05) is 34.0 Å². The Morgan fingerprint density at radius 2 is 1.51 bits per heavy atom. The average Bonchev–Trinajstić information content (AvgIpc) is 2.95. The van der Waals surface area contributed by atoms with Gasteiger partial charge in [-0.3, -0.25) is 4.79 Å². The largest absolute Gasteiger partial charge is 0.497 e. The summed E-state index contributed by atoms with van der Waals surface area (Å²) in [5.74, 6) is 2.18. The highest BCUT2D eigenvalue weighted by molar-refractivity contribution is 6.35. The summed E-state index contributed by atoms with van der Waals surface area (Å²) in [5.41, 5.74) is 2.26. The molecule has 1 aliphatic heterocycles. The number of methoxy groups -OCH3 is 2. The average molecular weight is 526 g/mol. The molecule has 0 aromatic heterocycles. The number of amides is 1. The Kier molecular flexibility index (Phi) is 9.14. The molecule has 1 aliphatic rings. The van der Waals surface area contributed by atoms with E-state index in [1.807, 2.05) is 60.4 Å². The van der Waals surface area contributed by atoms with Gasteiger partial charge in [0, 0.05) is 6.54 Å². The lowest BCUT2D eigenvalue weighted by Gasteiger charge is -2.35. The molecule has 0 bridgehead atoms. The highest BCUT2D eigenvalue weighted by Gasteiger charge is 2.29. The van der Waals surface area contributed by atoms with Crippen LogP contribution in [0.15, 0.2) is 60.7 Å². The number of hydrogen-bond acceptors (Lipinski definition) is 6. The molecule has 1 fully saturated rings. The summed E-state index contributed by atoms with van der Waals surface area (Å²) in [6, 6.07) is 18.6. The minimum atomic E-state index is -0.142. The number of benzene rings is 3. The first-order valence-corrected chi connectivity index (χ1v) is 12.6. The van der Waals surface area contributed by atoms with Gasteiger partial charge in [0.25, 0.3) is 5.91 Å². The number of nitrogens with zero attached hydrogens (tertiary/aromatic N) is 1. The van der Waals surface area contributed by atoms with Crippen LogP contribution in [0.2, 0.25) is 5.02 Å². The van der Waals surface area contributed by atoms with E-state index in [2.05, 4.69) is 0 Å². The summed E-state index contributed by atoms with van der Waals surface area (Å²) in [4.78, 5) is 15.3. The Balaban J connectivity index is 1.60. The van der Waals surface area contributed by atoms with E-state index in [-0.39, 0.29) is 23.6 Å². The van der Waals surface area contributed by atoms with E-state index < -0.39 is 0 Å². The van der Waals surface area contributed by atoms with E-state index >= 15 is 0 Å². The molecule has 1 heterocycles. The minimum absolute atomic E-state index is 0.00647. The fourth-order valence-corrected chi connectivity index (χ4v) is 4.42. The third-order valence-corrected chi connectivity index (χ3v) is 6.72. The first-order chi connectivity index (χ1) is 18.0. The third-order valence-electron chi connectivity index (χ3n) is 6.35. The number of morpholine rings is 1. The van der Waals surface area contributed by atoms with Gasteiger partial charge in [-0.25, -0.2) is 0 Å². The van der Waals surface area contributed by atoms with Gasteiger partial charge in [-0.2, -0.15) is 0 Å². The maximum atomic E-state index is 13.5. The quantitative estimate of drug-likeness (QED) is 0.335. The van der Waals surface area contributed by atoms with Crippen molar-refractivity contribution >= 4 is 17.5 Å². The molecule has 1 saturated heterocycles. The van der Waals surface area contributed by atoms with Crippen LogP contribution in [0.4, 0.5) is 0 Å². The Labute approximate surface area is 222 Å². The van der Waals surface area contributed by atoms with Crippen LogP contribution in [0.1, 0.15) is 34.8 Å². The number of carbonyl (C=O) groups excluding carboxylic acids is 1. The Morgan fingerprint density at radius 3 is 2.08 bits per heavy atom. The van der Waals surface area contributed by atoms with Gasteiger partial charge in [0.1, 0.15) is 24.7 Å². The molecule has 3 aromatic rings. The molecule has 0 radical (unpaired) electrons.